The molecule has 9 heteroatoms. The lowest BCUT2D eigenvalue weighted by molar-refractivity contribution is -0.124. The maximum Gasteiger partial charge on any atom is 0.258 e. The van der Waals surface area contributed by atoms with E-state index in [9.17, 15) is 34.8 Å². The van der Waals surface area contributed by atoms with Crippen LogP contribution in [-0.4, -0.2) is 80.7 Å². The third-order valence-corrected chi connectivity index (χ3v) is 8.85. The Balaban J connectivity index is 2.01. The number of rotatable bonds is 10. The summed E-state index contributed by atoms with van der Waals surface area (Å²) in [6.45, 7) is 9.19. The number of Topliss-reactive ketones (excluding diaryl/α,β-unsaturated/α-hetero) is 2. The standard InChI is InChI=1S/C31H44N2O7/c1-7-20(34)24(30(40)32-31(8-2)15-10-9-11-16-31)27(37)25(33(5)6)29(39)28(38)22-17(3)19-13-12-14-21(35)23(19)26(36)18(22)4/h12-14,17,22,25,28-29,35,37-39H,4,7-11,15-16H2,1-3,5-6H3,(H,32,40)/b27-24-/t17-,22+,25+,28-,29+/m0/s1. The summed E-state index contributed by atoms with van der Waals surface area (Å²) in [4.78, 5) is 41.1. The summed E-state index contributed by atoms with van der Waals surface area (Å²) in [5, 5.41) is 47.7. The number of aliphatic hydroxyl groups is 3. The van der Waals surface area contributed by atoms with Crippen LogP contribution < -0.4 is 5.32 Å². The zero-order valence-electron chi connectivity index (χ0n) is 24.2. The van der Waals surface area contributed by atoms with Crippen molar-refractivity contribution in [1.29, 1.82) is 0 Å². The number of phenols is 1. The Morgan fingerprint density at radius 1 is 1.15 bits per heavy atom. The molecule has 0 radical (unpaired) electrons. The lowest BCUT2D eigenvalue weighted by Crippen LogP contribution is -2.53. The van der Waals surface area contributed by atoms with Gasteiger partial charge in [0.05, 0.1) is 17.7 Å². The Bertz CT molecular complexity index is 1180. The number of fused-ring (bicyclic) bond motifs is 1. The van der Waals surface area contributed by atoms with Gasteiger partial charge in [-0.3, -0.25) is 19.3 Å². The summed E-state index contributed by atoms with van der Waals surface area (Å²) < 4.78 is 0. The van der Waals surface area contributed by atoms with E-state index < -0.39 is 64.4 Å². The van der Waals surface area contributed by atoms with Crippen molar-refractivity contribution in [3.05, 3.63) is 52.8 Å². The molecule has 1 aromatic carbocycles. The Morgan fingerprint density at radius 3 is 2.33 bits per heavy atom. The van der Waals surface area contributed by atoms with Crippen LogP contribution in [0.2, 0.25) is 0 Å². The van der Waals surface area contributed by atoms with E-state index in [0.29, 0.717) is 12.0 Å². The molecule has 1 saturated carbocycles. The average Bonchev–Trinajstić information content (AvgIpc) is 2.92. The fourth-order valence-electron chi connectivity index (χ4n) is 6.41. The Hall–Kier alpha value is -3.01. The molecule has 2 aliphatic carbocycles. The third-order valence-electron chi connectivity index (χ3n) is 8.85. The zero-order valence-corrected chi connectivity index (χ0v) is 24.2. The smallest absolute Gasteiger partial charge is 0.258 e. The SMILES string of the molecule is C=C1C(=O)c2c(O)cccc2[C@H](C)[C@H]1[C@H](O)[C@H](O)[C@@H](/C(O)=C(\C(=O)CC)C(=O)NC1(CC)CCCCC1)N(C)C. The number of hydrogen-bond donors (Lipinski definition) is 5. The highest BCUT2D eigenvalue weighted by atomic mass is 16.3. The molecular formula is C31H44N2O7. The van der Waals surface area contributed by atoms with E-state index in [0.717, 1.165) is 32.1 Å². The number of carbonyl (C=O) groups is 3. The van der Waals surface area contributed by atoms with Crippen LogP contribution in [0.3, 0.4) is 0 Å². The highest BCUT2D eigenvalue weighted by Crippen LogP contribution is 2.44. The number of benzene rings is 1. The van der Waals surface area contributed by atoms with Crippen LogP contribution in [0.1, 0.15) is 87.6 Å². The minimum absolute atomic E-state index is 0.0128. The number of amides is 1. The van der Waals surface area contributed by atoms with Gasteiger partial charge in [0.15, 0.2) is 11.6 Å². The lowest BCUT2D eigenvalue weighted by atomic mass is 9.68. The maximum atomic E-state index is 13.6. The first kappa shape index (κ1) is 31.5. The van der Waals surface area contributed by atoms with Crippen molar-refractivity contribution in [1.82, 2.24) is 10.2 Å². The van der Waals surface area contributed by atoms with E-state index in [1.807, 2.05) is 6.92 Å². The molecule has 1 aromatic rings. The Kier molecular flexibility index (Phi) is 9.98. The van der Waals surface area contributed by atoms with E-state index >= 15 is 0 Å². The van der Waals surface area contributed by atoms with Gasteiger partial charge in [0, 0.05) is 17.9 Å². The van der Waals surface area contributed by atoms with Crippen molar-refractivity contribution < 1.29 is 34.8 Å². The molecule has 2 aliphatic rings. The van der Waals surface area contributed by atoms with Crippen LogP contribution in [0.25, 0.3) is 0 Å². The molecule has 0 bridgehead atoms. The van der Waals surface area contributed by atoms with E-state index in [1.54, 1.807) is 40.1 Å². The van der Waals surface area contributed by atoms with Gasteiger partial charge in [0.2, 0.25) is 0 Å². The molecule has 0 aliphatic heterocycles. The van der Waals surface area contributed by atoms with Crippen LogP contribution in [0.5, 0.6) is 5.75 Å². The number of aromatic hydroxyl groups is 1. The zero-order chi connectivity index (χ0) is 29.9. The summed E-state index contributed by atoms with van der Waals surface area (Å²) in [5.41, 5.74) is -0.278. The van der Waals surface area contributed by atoms with Crippen molar-refractivity contribution in [3.63, 3.8) is 0 Å². The molecule has 40 heavy (non-hydrogen) atoms. The molecule has 1 amide bonds. The van der Waals surface area contributed by atoms with Gasteiger partial charge in [-0.05, 0) is 56.5 Å². The van der Waals surface area contributed by atoms with E-state index in [1.165, 1.54) is 11.0 Å². The fraction of sp³-hybridized carbons (Fsp3) is 0.581. The van der Waals surface area contributed by atoms with Gasteiger partial charge in [-0.2, -0.15) is 0 Å². The number of likely N-dealkylation sites (N-methyl/N-ethyl adjacent to an activating group) is 1. The van der Waals surface area contributed by atoms with E-state index in [-0.39, 0.29) is 23.3 Å². The first-order chi connectivity index (χ1) is 18.8. The van der Waals surface area contributed by atoms with Gasteiger partial charge in [-0.1, -0.05) is 58.7 Å². The van der Waals surface area contributed by atoms with Gasteiger partial charge in [-0.25, -0.2) is 0 Å². The highest BCUT2D eigenvalue weighted by Gasteiger charge is 2.46. The average molecular weight is 557 g/mol. The monoisotopic (exact) mass is 556 g/mol. The molecule has 0 saturated heterocycles. The second-order valence-corrected chi connectivity index (χ2v) is 11.5. The maximum absolute atomic E-state index is 13.6. The normalized spacial score (nSPS) is 23.6. The molecule has 5 atom stereocenters. The number of hydrogen-bond acceptors (Lipinski definition) is 8. The first-order valence-electron chi connectivity index (χ1n) is 14.2. The molecule has 220 valence electrons. The molecule has 0 aromatic heterocycles. The van der Waals surface area contributed by atoms with E-state index in [4.69, 9.17) is 0 Å². The molecule has 5 N–H and O–H groups in total. The molecule has 0 unspecified atom stereocenters. The number of nitrogens with zero attached hydrogens (tertiary/aromatic N) is 1. The van der Waals surface area contributed by atoms with Gasteiger partial charge in [0.1, 0.15) is 23.2 Å². The summed E-state index contributed by atoms with van der Waals surface area (Å²) in [6.07, 6.45) is 1.86. The largest absolute Gasteiger partial charge is 0.510 e. The number of carbonyl (C=O) groups excluding carboxylic acids is 3. The van der Waals surface area contributed by atoms with Crippen molar-refractivity contribution in [2.24, 2.45) is 5.92 Å². The molecular weight excluding hydrogens is 512 g/mol. The lowest BCUT2D eigenvalue weighted by Gasteiger charge is -2.40. The number of ketones is 2. The summed E-state index contributed by atoms with van der Waals surface area (Å²) in [5.74, 6) is -4.10. The molecule has 1 fully saturated rings. The first-order valence-corrected chi connectivity index (χ1v) is 14.2. The molecule has 9 nitrogen and oxygen atoms in total. The second kappa shape index (κ2) is 12.7. The molecule has 0 heterocycles. The Morgan fingerprint density at radius 2 is 1.77 bits per heavy atom. The van der Waals surface area contributed by atoms with Crippen molar-refractivity contribution in [2.45, 2.75) is 95.4 Å². The fourth-order valence-corrected chi connectivity index (χ4v) is 6.41. The Labute approximate surface area is 236 Å². The van der Waals surface area contributed by atoms with Crippen molar-refractivity contribution in [2.75, 3.05) is 14.1 Å². The summed E-state index contributed by atoms with van der Waals surface area (Å²) in [6, 6.07) is 3.34. The quantitative estimate of drug-likeness (QED) is 0.127. The van der Waals surface area contributed by atoms with Crippen LogP contribution in [0.15, 0.2) is 41.7 Å². The number of phenolic OH excluding ortho intramolecular Hbond substituents is 1. The van der Waals surface area contributed by atoms with Gasteiger partial charge >= 0.3 is 0 Å². The van der Waals surface area contributed by atoms with Crippen LogP contribution in [0.4, 0.5) is 0 Å². The third kappa shape index (κ3) is 5.87. The second-order valence-electron chi connectivity index (χ2n) is 11.5. The minimum Gasteiger partial charge on any atom is -0.510 e. The molecule has 0 spiro atoms. The predicted molar refractivity (Wildman–Crippen MR) is 152 cm³/mol. The van der Waals surface area contributed by atoms with Gasteiger partial charge in [-0.15, -0.1) is 0 Å². The summed E-state index contributed by atoms with van der Waals surface area (Å²) in [7, 11) is 3.10. The number of aliphatic hydroxyl groups excluding tert-OH is 3. The van der Waals surface area contributed by atoms with Crippen molar-refractivity contribution in [3.8, 4) is 5.75 Å². The van der Waals surface area contributed by atoms with Crippen LogP contribution >= 0.6 is 0 Å². The number of nitrogens with one attached hydrogen (secondary N) is 1. The minimum atomic E-state index is -1.70. The topological polar surface area (TPSA) is 147 Å². The van der Waals surface area contributed by atoms with Gasteiger partial charge < -0.3 is 25.7 Å². The summed E-state index contributed by atoms with van der Waals surface area (Å²) >= 11 is 0. The van der Waals surface area contributed by atoms with Crippen LogP contribution in [0, 0.1) is 5.92 Å². The predicted octanol–water partition coefficient (Wildman–Crippen LogP) is 3.54. The molecule has 3 rings (SSSR count). The van der Waals surface area contributed by atoms with E-state index in [2.05, 4.69) is 11.9 Å². The van der Waals surface area contributed by atoms with Gasteiger partial charge in [0.25, 0.3) is 5.91 Å². The van der Waals surface area contributed by atoms with Crippen molar-refractivity contribution >= 4 is 17.5 Å². The highest BCUT2D eigenvalue weighted by molar-refractivity contribution is 6.20. The van der Waals surface area contributed by atoms with Crippen LogP contribution in [-0.2, 0) is 9.59 Å².